The molecule has 0 bridgehead atoms. The van der Waals surface area contributed by atoms with Crippen LogP contribution in [0.15, 0.2) is 18.7 Å². The highest BCUT2D eigenvalue weighted by atomic mass is 16.1. The molecule has 0 radical (unpaired) electrons. The van der Waals surface area contributed by atoms with Crippen LogP contribution < -0.4 is 5.32 Å². The van der Waals surface area contributed by atoms with Gasteiger partial charge in [-0.2, -0.15) is 0 Å². The fraction of sp³-hybridized carbons (Fsp3) is 0.611. The Kier molecular flexibility index (Phi) is 5.53. The van der Waals surface area contributed by atoms with E-state index in [2.05, 4.69) is 41.1 Å². The summed E-state index contributed by atoms with van der Waals surface area (Å²) in [6, 6.07) is 0. The summed E-state index contributed by atoms with van der Waals surface area (Å²) in [5.41, 5.74) is 2.15. The number of amides is 1. The van der Waals surface area contributed by atoms with E-state index in [-0.39, 0.29) is 17.7 Å². The molecule has 3 rings (SSSR count). The van der Waals surface area contributed by atoms with Gasteiger partial charge in [0.25, 0.3) is 0 Å². The number of nitrogens with zero attached hydrogens (tertiary/aromatic N) is 4. The van der Waals surface area contributed by atoms with Gasteiger partial charge in [0.05, 0.1) is 17.9 Å². The lowest BCUT2D eigenvalue weighted by Gasteiger charge is -2.17. The fourth-order valence-corrected chi connectivity index (χ4v) is 3.63. The first-order valence-electron chi connectivity index (χ1n) is 9.05. The van der Waals surface area contributed by atoms with Crippen molar-refractivity contribution in [1.29, 1.82) is 0 Å². The molecule has 3 heterocycles. The van der Waals surface area contributed by atoms with Gasteiger partial charge in [0.15, 0.2) is 0 Å². The maximum absolute atomic E-state index is 12.7. The highest BCUT2D eigenvalue weighted by molar-refractivity contribution is 5.80. The summed E-state index contributed by atoms with van der Waals surface area (Å²) in [6.45, 7) is 7.36. The second kappa shape index (κ2) is 7.82. The number of aromatic nitrogens is 4. The first-order valence-corrected chi connectivity index (χ1v) is 9.05. The topological polar surface area (TPSA) is 78.8 Å². The number of hydrogen-bond acceptors (Lipinski definition) is 4. The van der Waals surface area contributed by atoms with Crippen molar-refractivity contribution < 1.29 is 4.79 Å². The average molecular weight is 344 g/mol. The molecule has 7 heteroatoms. The molecule has 25 heavy (non-hydrogen) atoms. The summed E-state index contributed by atoms with van der Waals surface area (Å²) in [5, 5.41) is 3.11. The minimum Gasteiger partial charge on any atom is -0.356 e. The Morgan fingerprint density at radius 2 is 2.28 bits per heavy atom. The maximum atomic E-state index is 12.7. The van der Waals surface area contributed by atoms with Crippen LogP contribution in [0.3, 0.4) is 0 Å². The standard InChI is InChI=1S/C18H28N6O/c1-4-16-21-13(2)17(22-16)14-10-23(3)11-15(14)18(25)20-6-5-8-24-9-7-19-12-24/h7,9,12,14-15H,4-6,8,10-11H2,1-3H3,(H,20,25)(H,21,22)/t14-,15-/m0/s1. The molecule has 0 spiro atoms. The van der Waals surface area contributed by atoms with E-state index >= 15 is 0 Å². The molecule has 1 saturated heterocycles. The van der Waals surface area contributed by atoms with Gasteiger partial charge in [0, 0.05) is 56.6 Å². The number of nitrogens with one attached hydrogen (secondary N) is 2. The molecule has 1 amide bonds. The van der Waals surface area contributed by atoms with Gasteiger partial charge in [-0.3, -0.25) is 4.79 Å². The third-order valence-corrected chi connectivity index (χ3v) is 4.95. The van der Waals surface area contributed by atoms with Gasteiger partial charge in [-0.25, -0.2) is 9.97 Å². The lowest BCUT2D eigenvalue weighted by atomic mass is 9.91. The number of likely N-dealkylation sites (tertiary alicyclic amines) is 1. The molecule has 1 aliphatic heterocycles. The fourth-order valence-electron chi connectivity index (χ4n) is 3.63. The third-order valence-electron chi connectivity index (χ3n) is 4.95. The molecule has 0 saturated carbocycles. The second-order valence-corrected chi connectivity index (χ2v) is 6.93. The summed E-state index contributed by atoms with van der Waals surface area (Å²) in [4.78, 5) is 27.1. The van der Waals surface area contributed by atoms with E-state index in [1.807, 2.05) is 10.8 Å². The van der Waals surface area contributed by atoms with E-state index in [1.165, 1.54) is 0 Å². The van der Waals surface area contributed by atoms with E-state index in [4.69, 9.17) is 4.98 Å². The van der Waals surface area contributed by atoms with Crippen LogP contribution in [0.25, 0.3) is 0 Å². The van der Waals surface area contributed by atoms with Gasteiger partial charge in [0.2, 0.25) is 5.91 Å². The zero-order chi connectivity index (χ0) is 17.8. The van der Waals surface area contributed by atoms with E-state index < -0.39 is 0 Å². The van der Waals surface area contributed by atoms with Crippen LogP contribution in [0.1, 0.15) is 36.5 Å². The smallest absolute Gasteiger partial charge is 0.225 e. The highest BCUT2D eigenvalue weighted by Crippen LogP contribution is 2.32. The Balaban J connectivity index is 1.58. The molecule has 1 aliphatic rings. The molecule has 1 fully saturated rings. The minimum absolute atomic E-state index is 0.0371. The van der Waals surface area contributed by atoms with E-state index in [0.717, 1.165) is 49.7 Å². The van der Waals surface area contributed by atoms with Crippen LogP contribution in [0.2, 0.25) is 0 Å². The molecule has 2 atom stereocenters. The number of rotatable bonds is 7. The Morgan fingerprint density at radius 3 is 2.96 bits per heavy atom. The monoisotopic (exact) mass is 344 g/mol. The summed E-state index contributed by atoms with van der Waals surface area (Å²) < 4.78 is 2.03. The van der Waals surface area contributed by atoms with Crippen molar-refractivity contribution >= 4 is 5.91 Å². The lowest BCUT2D eigenvalue weighted by molar-refractivity contribution is -0.125. The molecule has 136 valence electrons. The number of carbonyl (C=O) groups is 1. The molecule has 0 aliphatic carbocycles. The van der Waals surface area contributed by atoms with E-state index in [0.29, 0.717) is 6.54 Å². The average Bonchev–Trinajstić information content (AvgIpc) is 3.31. The first kappa shape index (κ1) is 17.7. The summed E-state index contributed by atoms with van der Waals surface area (Å²) in [5.74, 6) is 1.27. The number of hydrogen-bond donors (Lipinski definition) is 2. The quantitative estimate of drug-likeness (QED) is 0.743. The van der Waals surface area contributed by atoms with Crippen molar-refractivity contribution in [3.05, 3.63) is 35.9 Å². The molecule has 2 N–H and O–H groups in total. The Hall–Kier alpha value is -2.15. The predicted molar refractivity (Wildman–Crippen MR) is 96.3 cm³/mol. The highest BCUT2D eigenvalue weighted by Gasteiger charge is 2.38. The summed E-state index contributed by atoms with van der Waals surface area (Å²) >= 11 is 0. The van der Waals surface area contributed by atoms with Gasteiger partial charge in [-0.1, -0.05) is 6.92 Å². The normalized spacial score (nSPS) is 20.9. The van der Waals surface area contributed by atoms with Gasteiger partial charge < -0.3 is 19.8 Å². The van der Waals surface area contributed by atoms with Crippen LogP contribution in [-0.4, -0.2) is 57.0 Å². The van der Waals surface area contributed by atoms with E-state index in [1.54, 1.807) is 12.5 Å². The number of carbonyl (C=O) groups excluding carboxylic acids is 1. The van der Waals surface area contributed by atoms with Gasteiger partial charge in [-0.05, 0) is 20.4 Å². The van der Waals surface area contributed by atoms with Crippen molar-refractivity contribution in [2.75, 3.05) is 26.7 Å². The zero-order valence-electron chi connectivity index (χ0n) is 15.3. The lowest BCUT2D eigenvalue weighted by Crippen LogP contribution is -2.35. The van der Waals surface area contributed by atoms with Crippen molar-refractivity contribution in [2.24, 2.45) is 5.92 Å². The molecular formula is C18H28N6O. The maximum Gasteiger partial charge on any atom is 0.225 e. The molecule has 0 unspecified atom stereocenters. The number of H-pyrrole nitrogens is 1. The first-order chi connectivity index (χ1) is 12.1. The third kappa shape index (κ3) is 4.10. The molecule has 0 aromatic carbocycles. The van der Waals surface area contributed by atoms with Crippen molar-refractivity contribution in [1.82, 2.24) is 29.7 Å². The van der Waals surface area contributed by atoms with Crippen LogP contribution in [0.4, 0.5) is 0 Å². The summed E-state index contributed by atoms with van der Waals surface area (Å²) in [7, 11) is 2.07. The largest absolute Gasteiger partial charge is 0.356 e. The minimum atomic E-state index is -0.0371. The Bertz CT molecular complexity index is 692. The number of aromatic amines is 1. The zero-order valence-corrected chi connectivity index (χ0v) is 15.3. The SMILES string of the molecule is CCc1nc([C@H]2CN(C)C[C@@H]2C(=O)NCCCn2ccnc2)c(C)[nH]1. The molecule has 2 aromatic rings. The van der Waals surface area contributed by atoms with Gasteiger partial charge >= 0.3 is 0 Å². The predicted octanol–water partition coefficient (Wildman–Crippen LogP) is 1.33. The van der Waals surface area contributed by atoms with E-state index in [9.17, 15) is 4.79 Å². The number of aryl methyl sites for hydroxylation is 3. The van der Waals surface area contributed by atoms with Crippen LogP contribution >= 0.6 is 0 Å². The molecular weight excluding hydrogens is 316 g/mol. The van der Waals surface area contributed by atoms with Crippen molar-refractivity contribution in [3.8, 4) is 0 Å². The van der Waals surface area contributed by atoms with Gasteiger partial charge in [-0.15, -0.1) is 0 Å². The Labute approximate surface area is 148 Å². The van der Waals surface area contributed by atoms with Crippen LogP contribution in [0.5, 0.6) is 0 Å². The number of imidazole rings is 2. The van der Waals surface area contributed by atoms with Crippen molar-refractivity contribution in [3.63, 3.8) is 0 Å². The Morgan fingerprint density at radius 1 is 1.44 bits per heavy atom. The van der Waals surface area contributed by atoms with Crippen LogP contribution in [-0.2, 0) is 17.8 Å². The van der Waals surface area contributed by atoms with Gasteiger partial charge in [0.1, 0.15) is 5.82 Å². The molecule has 7 nitrogen and oxygen atoms in total. The second-order valence-electron chi connectivity index (χ2n) is 6.93. The van der Waals surface area contributed by atoms with Crippen LogP contribution in [0, 0.1) is 12.8 Å². The molecule has 2 aromatic heterocycles. The number of likely N-dealkylation sites (N-methyl/N-ethyl adjacent to an activating group) is 1. The summed E-state index contributed by atoms with van der Waals surface area (Å²) in [6.07, 6.45) is 7.30. The van der Waals surface area contributed by atoms with Crippen molar-refractivity contribution in [2.45, 2.75) is 39.2 Å².